The Morgan fingerprint density at radius 2 is 0.667 bits per heavy atom. The zero-order chi connectivity index (χ0) is 39.6. The number of hydrogen-bond acceptors (Lipinski definition) is 2. The molecule has 0 fully saturated rings. The molecule has 4 aliphatic carbocycles. The van der Waals surface area contributed by atoms with Crippen molar-refractivity contribution in [3.8, 4) is 44.5 Å². The molecular weight excluding hydrogens is 725 g/mol. The molecule has 2 heteroatoms. The maximum Gasteiger partial charge on any atom is 0.0543 e. The fourth-order valence-electron chi connectivity index (χ4n) is 11.1. The van der Waals surface area contributed by atoms with E-state index in [1.54, 1.807) is 0 Å². The monoisotopic (exact) mass is 764 g/mol. The molecule has 2 atom stereocenters. The highest BCUT2D eigenvalue weighted by Gasteiger charge is 2.45. The molecule has 0 aromatic heterocycles. The van der Waals surface area contributed by atoms with Crippen LogP contribution < -0.4 is 9.80 Å². The van der Waals surface area contributed by atoms with Crippen molar-refractivity contribution in [3.05, 3.63) is 239 Å². The zero-order valence-corrected chi connectivity index (χ0v) is 33.5. The van der Waals surface area contributed by atoms with Gasteiger partial charge in [0, 0.05) is 45.7 Å². The highest BCUT2D eigenvalue weighted by atomic mass is 15.2. The molecule has 282 valence electrons. The smallest absolute Gasteiger partial charge is 0.0543 e. The number of benzene rings is 9. The summed E-state index contributed by atoms with van der Waals surface area (Å²) in [6.45, 7) is 4.32. The predicted octanol–water partition coefficient (Wildman–Crippen LogP) is 15.5. The van der Waals surface area contributed by atoms with Gasteiger partial charge < -0.3 is 9.80 Å². The summed E-state index contributed by atoms with van der Waals surface area (Å²) >= 11 is 0. The third kappa shape index (κ3) is 4.59. The minimum Gasteiger partial charge on any atom is -0.310 e. The lowest BCUT2D eigenvalue weighted by Gasteiger charge is -2.28. The minimum absolute atomic E-state index is 0.184. The van der Waals surface area contributed by atoms with E-state index in [1.807, 2.05) is 0 Å². The van der Waals surface area contributed by atoms with Crippen LogP contribution in [0.3, 0.4) is 0 Å². The van der Waals surface area contributed by atoms with Crippen LogP contribution in [-0.2, 0) is 0 Å². The van der Waals surface area contributed by atoms with E-state index in [0.29, 0.717) is 0 Å². The topological polar surface area (TPSA) is 6.48 Å². The normalized spacial score (nSPS) is 15.2. The van der Waals surface area contributed by atoms with Crippen molar-refractivity contribution in [3.63, 3.8) is 0 Å². The summed E-state index contributed by atoms with van der Waals surface area (Å²) in [6, 6.07) is 72.7. The number of hydrogen-bond donors (Lipinski definition) is 0. The van der Waals surface area contributed by atoms with Crippen molar-refractivity contribution < 1.29 is 0 Å². The number of fused-ring (bicyclic) bond motifs is 12. The molecular formula is C58H40N2. The van der Waals surface area contributed by atoms with Crippen LogP contribution in [0.4, 0.5) is 34.1 Å². The van der Waals surface area contributed by atoms with E-state index in [1.165, 1.54) is 112 Å². The first-order valence-corrected chi connectivity index (χ1v) is 21.2. The van der Waals surface area contributed by atoms with Gasteiger partial charge >= 0.3 is 0 Å². The van der Waals surface area contributed by atoms with Gasteiger partial charge in [0.05, 0.1) is 11.4 Å². The number of aryl methyl sites for hydroxylation is 2. The number of para-hydroxylation sites is 2. The van der Waals surface area contributed by atoms with Crippen LogP contribution in [0.2, 0.25) is 0 Å². The molecule has 0 radical (unpaired) electrons. The summed E-state index contributed by atoms with van der Waals surface area (Å²) in [4.78, 5) is 4.89. The standard InChI is InChI=1S/C58H40N2/c1-35-25-29-39(30-26-35)59(37-13-5-3-6-14-37)51-23-11-21-45-53(51)43-19-9-17-41-47-34-50-48(33-49(47)57(45)55(41)43)42-18-10-20-44-54-46(58(50)56(42)44)22-12-24-52(54)60(38-15-7-4-8-16-38)40-31-27-36(2)28-32-40/h3-34,57-58H,1-2H3. The number of anilines is 6. The fraction of sp³-hybridized carbons (Fsp3) is 0.0690. The Hall–Kier alpha value is -7.42. The lowest BCUT2D eigenvalue weighted by molar-refractivity contribution is 1.04. The molecule has 2 nitrogen and oxygen atoms in total. The molecule has 4 aliphatic rings. The summed E-state index contributed by atoms with van der Waals surface area (Å²) < 4.78 is 0. The SMILES string of the molecule is Cc1ccc(N(c2ccccc2)c2cccc3c2-c2cccc4c2C3c2cc3c(cc2-4)C2c4cccc(N(c5ccccc5)c5ccc(C)cc5)c4-c4cccc-3c42)cc1. The largest absolute Gasteiger partial charge is 0.310 e. The van der Waals surface area contributed by atoms with E-state index in [0.717, 1.165) is 11.4 Å². The minimum atomic E-state index is 0.184. The van der Waals surface area contributed by atoms with Crippen molar-refractivity contribution in [2.75, 3.05) is 9.80 Å². The van der Waals surface area contributed by atoms with E-state index in [4.69, 9.17) is 0 Å². The Kier molecular flexibility index (Phi) is 7.01. The van der Waals surface area contributed by atoms with Crippen molar-refractivity contribution in [1.29, 1.82) is 0 Å². The van der Waals surface area contributed by atoms with Crippen molar-refractivity contribution in [2.24, 2.45) is 0 Å². The molecule has 0 heterocycles. The van der Waals surface area contributed by atoms with Gasteiger partial charge in [-0.1, -0.05) is 132 Å². The lowest BCUT2D eigenvalue weighted by atomic mass is 9.86. The van der Waals surface area contributed by atoms with Gasteiger partial charge in [-0.25, -0.2) is 0 Å². The second-order valence-electron chi connectivity index (χ2n) is 16.9. The Labute approximate surface area is 351 Å². The molecule has 0 amide bonds. The summed E-state index contributed by atoms with van der Waals surface area (Å²) in [6.07, 6.45) is 0. The first kappa shape index (κ1) is 33.5. The Bertz CT molecular complexity index is 3000. The first-order chi connectivity index (χ1) is 29.6. The highest BCUT2D eigenvalue weighted by molar-refractivity contribution is 6.04. The maximum absolute atomic E-state index is 2.58. The zero-order valence-electron chi connectivity index (χ0n) is 33.5. The molecule has 60 heavy (non-hydrogen) atoms. The Morgan fingerprint density at radius 1 is 0.300 bits per heavy atom. The van der Waals surface area contributed by atoms with Crippen molar-refractivity contribution in [1.82, 2.24) is 0 Å². The summed E-state index contributed by atoms with van der Waals surface area (Å²) in [7, 11) is 0. The van der Waals surface area contributed by atoms with Gasteiger partial charge in [-0.3, -0.25) is 0 Å². The molecule has 9 aromatic carbocycles. The van der Waals surface area contributed by atoms with Gasteiger partial charge in [0.15, 0.2) is 0 Å². The lowest BCUT2D eigenvalue weighted by Crippen LogP contribution is -2.11. The van der Waals surface area contributed by atoms with Crippen LogP contribution in [0.25, 0.3) is 44.5 Å². The summed E-state index contributed by atoms with van der Waals surface area (Å²) in [5.41, 5.74) is 29.1. The van der Waals surface area contributed by atoms with Crippen LogP contribution in [0.1, 0.15) is 56.3 Å². The van der Waals surface area contributed by atoms with Gasteiger partial charge in [-0.2, -0.15) is 0 Å². The van der Waals surface area contributed by atoms with Gasteiger partial charge in [0.25, 0.3) is 0 Å². The molecule has 0 saturated heterocycles. The third-order valence-electron chi connectivity index (χ3n) is 13.6. The second-order valence-corrected chi connectivity index (χ2v) is 16.9. The first-order valence-electron chi connectivity index (χ1n) is 21.2. The van der Waals surface area contributed by atoms with E-state index in [-0.39, 0.29) is 11.8 Å². The van der Waals surface area contributed by atoms with Crippen LogP contribution in [0, 0.1) is 13.8 Å². The van der Waals surface area contributed by atoms with Crippen LogP contribution in [-0.4, -0.2) is 0 Å². The average molecular weight is 765 g/mol. The van der Waals surface area contributed by atoms with E-state index in [9.17, 15) is 0 Å². The van der Waals surface area contributed by atoms with Gasteiger partial charge in [0.1, 0.15) is 0 Å². The van der Waals surface area contributed by atoms with Crippen LogP contribution in [0.15, 0.2) is 194 Å². The van der Waals surface area contributed by atoms with Gasteiger partial charge in [-0.05, 0) is 153 Å². The predicted molar refractivity (Wildman–Crippen MR) is 249 cm³/mol. The van der Waals surface area contributed by atoms with E-state index >= 15 is 0 Å². The molecule has 9 aromatic rings. The quantitative estimate of drug-likeness (QED) is 0.166. The molecule has 0 bridgehead atoms. The molecule has 13 rings (SSSR count). The van der Waals surface area contributed by atoms with E-state index in [2.05, 4.69) is 218 Å². The van der Waals surface area contributed by atoms with Crippen molar-refractivity contribution >= 4 is 34.1 Å². The van der Waals surface area contributed by atoms with Crippen LogP contribution in [0.5, 0.6) is 0 Å². The molecule has 0 aliphatic heterocycles. The second kappa shape index (κ2) is 12.5. The molecule has 0 saturated carbocycles. The molecule has 2 unspecified atom stereocenters. The fourth-order valence-corrected chi connectivity index (χ4v) is 11.1. The summed E-state index contributed by atoms with van der Waals surface area (Å²) in [5.74, 6) is 0.368. The maximum atomic E-state index is 2.58. The number of rotatable bonds is 6. The average Bonchev–Trinajstić information content (AvgIpc) is 4.02. The van der Waals surface area contributed by atoms with E-state index < -0.39 is 0 Å². The Morgan fingerprint density at radius 3 is 1.08 bits per heavy atom. The van der Waals surface area contributed by atoms with Crippen LogP contribution >= 0.6 is 0 Å². The number of nitrogens with zero attached hydrogens (tertiary/aromatic N) is 2. The Balaban J connectivity index is 0.980. The molecule has 0 N–H and O–H groups in total. The van der Waals surface area contributed by atoms with Crippen molar-refractivity contribution in [2.45, 2.75) is 25.7 Å². The summed E-state index contributed by atoms with van der Waals surface area (Å²) in [5, 5.41) is 0. The van der Waals surface area contributed by atoms with Gasteiger partial charge in [-0.15, -0.1) is 0 Å². The third-order valence-corrected chi connectivity index (χ3v) is 13.6. The molecule has 0 spiro atoms. The highest BCUT2D eigenvalue weighted by Crippen LogP contribution is 2.65. The van der Waals surface area contributed by atoms with Gasteiger partial charge in [0.2, 0.25) is 0 Å².